The van der Waals surface area contributed by atoms with E-state index in [4.69, 9.17) is 0 Å². The molecule has 1 aliphatic rings. The molecule has 1 aromatic rings. The van der Waals surface area contributed by atoms with Crippen LogP contribution in [0.25, 0.3) is 0 Å². The summed E-state index contributed by atoms with van der Waals surface area (Å²) in [6.07, 6.45) is 0. The smallest absolute Gasteiger partial charge is 0.205 e. The molecule has 4 nitrogen and oxygen atoms in total. The third kappa shape index (κ3) is 2.04. The van der Waals surface area contributed by atoms with Gasteiger partial charge in [0.05, 0.1) is 0 Å². The molecule has 0 amide bonds. The molecular formula is C9H16N4S. The summed E-state index contributed by atoms with van der Waals surface area (Å²) in [6, 6.07) is 0. The summed E-state index contributed by atoms with van der Waals surface area (Å²) in [5, 5.41) is 4.53. The van der Waals surface area contributed by atoms with Gasteiger partial charge in [0, 0.05) is 36.7 Å². The van der Waals surface area contributed by atoms with E-state index in [0.717, 1.165) is 30.6 Å². The van der Waals surface area contributed by atoms with E-state index in [1.807, 2.05) is 6.92 Å². The van der Waals surface area contributed by atoms with Gasteiger partial charge in [0.25, 0.3) is 0 Å². The number of nitrogens with one attached hydrogen (secondary N) is 1. The molecule has 0 aliphatic carbocycles. The summed E-state index contributed by atoms with van der Waals surface area (Å²) in [6.45, 7) is 9.42. The fourth-order valence-electron chi connectivity index (χ4n) is 1.72. The molecule has 2 rings (SSSR count). The Bertz CT molecular complexity index is 320. The van der Waals surface area contributed by atoms with E-state index >= 15 is 0 Å². The number of nitrogens with zero attached hydrogens (tertiary/aromatic N) is 3. The number of piperazine rings is 1. The first kappa shape index (κ1) is 9.86. The third-order valence-electron chi connectivity index (χ3n) is 2.36. The highest BCUT2D eigenvalue weighted by Gasteiger charge is 2.27. The zero-order valence-corrected chi connectivity index (χ0v) is 9.69. The molecular weight excluding hydrogens is 196 g/mol. The second kappa shape index (κ2) is 3.47. The molecule has 0 saturated carbocycles. The fourth-order valence-corrected chi connectivity index (χ4v) is 2.42. The second-order valence-electron chi connectivity index (χ2n) is 4.36. The number of aryl methyl sites for hydroxylation is 1. The SMILES string of the molecule is Cc1nsc(N2CCNC(C)(C)C2)n1. The largest absolute Gasteiger partial charge is 0.344 e. The van der Waals surface area contributed by atoms with Crippen molar-refractivity contribution >= 4 is 16.7 Å². The third-order valence-corrected chi connectivity index (χ3v) is 3.23. The van der Waals surface area contributed by atoms with E-state index in [1.165, 1.54) is 11.5 Å². The second-order valence-corrected chi connectivity index (χ2v) is 5.09. The Balaban J connectivity index is 2.12. The fraction of sp³-hybridized carbons (Fsp3) is 0.778. The lowest BCUT2D eigenvalue weighted by molar-refractivity contribution is 0.353. The Hall–Kier alpha value is -0.680. The lowest BCUT2D eigenvalue weighted by Gasteiger charge is -2.38. The van der Waals surface area contributed by atoms with Crippen LogP contribution in [-0.4, -0.2) is 34.5 Å². The van der Waals surface area contributed by atoms with Crippen molar-refractivity contribution < 1.29 is 0 Å². The summed E-state index contributed by atoms with van der Waals surface area (Å²) in [4.78, 5) is 6.71. The quantitative estimate of drug-likeness (QED) is 0.755. The summed E-state index contributed by atoms with van der Waals surface area (Å²) >= 11 is 1.49. The number of hydrogen-bond donors (Lipinski definition) is 1. The van der Waals surface area contributed by atoms with Gasteiger partial charge >= 0.3 is 0 Å². The first-order valence-corrected chi connectivity index (χ1v) is 5.64. The van der Waals surface area contributed by atoms with Gasteiger partial charge in [0.2, 0.25) is 5.13 Å². The van der Waals surface area contributed by atoms with Crippen molar-refractivity contribution in [1.29, 1.82) is 0 Å². The molecule has 1 saturated heterocycles. The molecule has 2 heterocycles. The Kier molecular flexibility index (Phi) is 2.45. The Morgan fingerprint density at radius 1 is 1.50 bits per heavy atom. The summed E-state index contributed by atoms with van der Waals surface area (Å²) in [7, 11) is 0. The first-order chi connectivity index (χ1) is 6.57. The average molecular weight is 212 g/mol. The lowest BCUT2D eigenvalue weighted by atomic mass is 10.0. The van der Waals surface area contributed by atoms with Crippen molar-refractivity contribution in [2.75, 3.05) is 24.5 Å². The van der Waals surface area contributed by atoms with E-state index in [9.17, 15) is 0 Å². The van der Waals surface area contributed by atoms with E-state index in [0.29, 0.717) is 0 Å². The van der Waals surface area contributed by atoms with Crippen molar-refractivity contribution in [1.82, 2.24) is 14.7 Å². The maximum Gasteiger partial charge on any atom is 0.205 e. The lowest BCUT2D eigenvalue weighted by Crippen LogP contribution is -2.57. The average Bonchev–Trinajstić information content (AvgIpc) is 2.50. The van der Waals surface area contributed by atoms with E-state index < -0.39 is 0 Å². The Morgan fingerprint density at radius 2 is 2.29 bits per heavy atom. The summed E-state index contributed by atoms with van der Waals surface area (Å²) < 4.78 is 4.21. The van der Waals surface area contributed by atoms with Gasteiger partial charge in [-0.25, -0.2) is 4.98 Å². The van der Waals surface area contributed by atoms with Crippen molar-refractivity contribution in [2.24, 2.45) is 0 Å². The van der Waals surface area contributed by atoms with Crippen LogP contribution in [0.15, 0.2) is 0 Å². The molecule has 1 aromatic heterocycles. The molecule has 1 fully saturated rings. The van der Waals surface area contributed by atoms with Crippen molar-refractivity contribution in [3.8, 4) is 0 Å². The van der Waals surface area contributed by atoms with Crippen LogP contribution in [0.3, 0.4) is 0 Å². The topological polar surface area (TPSA) is 41.1 Å². The molecule has 0 unspecified atom stereocenters. The monoisotopic (exact) mass is 212 g/mol. The molecule has 14 heavy (non-hydrogen) atoms. The van der Waals surface area contributed by atoms with Crippen molar-refractivity contribution in [2.45, 2.75) is 26.3 Å². The zero-order valence-electron chi connectivity index (χ0n) is 8.87. The first-order valence-electron chi connectivity index (χ1n) is 4.87. The van der Waals surface area contributed by atoms with E-state index in [-0.39, 0.29) is 5.54 Å². The Morgan fingerprint density at radius 3 is 2.86 bits per heavy atom. The molecule has 0 atom stereocenters. The van der Waals surface area contributed by atoms with Gasteiger partial charge in [-0.2, -0.15) is 4.37 Å². The highest BCUT2D eigenvalue weighted by Crippen LogP contribution is 2.21. The van der Waals surface area contributed by atoms with Gasteiger partial charge in [-0.3, -0.25) is 0 Å². The standard InChI is InChI=1S/C9H16N4S/c1-7-11-8(14-12-7)13-5-4-10-9(2,3)6-13/h10H,4-6H2,1-3H3. The van der Waals surface area contributed by atoms with Crippen molar-refractivity contribution in [3.05, 3.63) is 5.82 Å². The van der Waals surface area contributed by atoms with Gasteiger partial charge in [0.1, 0.15) is 5.82 Å². The number of anilines is 1. The van der Waals surface area contributed by atoms with E-state index in [2.05, 4.69) is 33.4 Å². The van der Waals surface area contributed by atoms with Gasteiger partial charge < -0.3 is 10.2 Å². The highest BCUT2D eigenvalue weighted by atomic mass is 32.1. The van der Waals surface area contributed by atoms with Crippen LogP contribution in [0, 0.1) is 6.92 Å². The van der Waals surface area contributed by atoms with Crippen LogP contribution in [0.2, 0.25) is 0 Å². The molecule has 0 bridgehead atoms. The molecule has 0 aromatic carbocycles. The van der Waals surface area contributed by atoms with Crippen LogP contribution >= 0.6 is 11.5 Å². The molecule has 0 radical (unpaired) electrons. The molecule has 1 N–H and O–H groups in total. The van der Waals surface area contributed by atoms with Crippen LogP contribution in [-0.2, 0) is 0 Å². The summed E-state index contributed by atoms with van der Waals surface area (Å²) in [5.74, 6) is 0.876. The molecule has 0 spiro atoms. The van der Waals surface area contributed by atoms with Gasteiger partial charge in [-0.15, -0.1) is 0 Å². The molecule has 1 aliphatic heterocycles. The molecule has 5 heteroatoms. The summed E-state index contributed by atoms with van der Waals surface area (Å²) in [5.41, 5.74) is 0.178. The minimum absolute atomic E-state index is 0.178. The van der Waals surface area contributed by atoms with E-state index in [1.54, 1.807) is 0 Å². The normalized spacial score (nSPS) is 21.2. The predicted octanol–water partition coefficient (Wildman–Crippen LogP) is 1.03. The van der Waals surface area contributed by atoms with Gasteiger partial charge in [-0.05, 0) is 20.8 Å². The van der Waals surface area contributed by atoms with Gasteiger partial charge in [-0.1, -0.05) is 0 Å². The zero-order chi connectivity index (χ0) is 10.2. The number of hydrogen-bond acceptors (Lipinski definition) is 5. The Labute approximate surface area is 88.5 Å². The van der Waals surface area contributed by atoms with Crippen LogP contribution in [0.4, 0.5) is 5.13 Å². The van der Waals surface area contributed by atoms with Crippen LogP contribution in [0.1, 0.15) is 19.7 Å². The number of aromatic nitrogens is 2. The minimum atomic E-state index is 0.178. The maximum atomic E-state index is 4.41. The van der Waals surface area contributed by atoms with Crippen LogP contribution < -0.4 is 10.2 Å². The minimum Gasteiger partial charge on any atom is -0.344 e. The molecule has 78 valence electrons. The maximum absolute atomic E-state index is 4.41. The van der Waals surface area contributed by atoms with Crippen LogP contribution in [0.5, 0.6) is 0 Å². The van der Waals surface area contributed by atoms with Gasteiger partial charge in [0.15, 0.2) is 0 Å². The highest BCUT2D eigenvalue weighted by molar-refractivity contribution is 7.09. The van der Waals surface area contributed by atoms with Crippen molar-refractivity contribution in [3.63, 3.8) is 0 Å². The predicted molar refractivity (Wildman–Crippen MR) is 58.9 cm³/mol. The number of rotatable bonds is 1.